The van der Waals surface area contributed by atoms with Crippen molar-refractivity contribution >= 4 is 17.6 Å². The van der Waals surface area contributed by atoms with Gasteiger partial charge in [-0.3, -0.25) is 9.69 Å². The number of hydrogen-bond donors (Lipinski definition) is 3. The number of guanidine groups is 1. The van der Waals surface area contributed by atoms with Crippen molar-refractivity contribution in [3.8, 4) is 0 Å². The molecule has 172 valence electrons. The molecule has 3 N–H and O–H groups in total. The summed E-state index contributed by atoms with van der Waals surface area (Å²) in [5.41, 5.74) is 4.32. The fraction of sp³-hybridized carbons (Fsp3) is 0.440. The summed E-state index contributed by atoms with van der Waals surface area (Å²) in [6.45, 7) is 10.2. The van der Waals surface area contributed by atoms with Gasteiger partial charge in [0.1, 0.15) is 0 Å². The number of carbonyl (C=O) groups is 1. The van der Waals surface area contributed by atoms with Crippen LogP contribution in [-0.2, 0) is 22.6 Å². The Kier molecular flexibility index (Phi) is 9.53. The molecule has 3 rings (SSSR count). The maximum Gasteiger partial charge on any atom is 0.225 e. The number of aliphatic imine (C=N–C) groups is 1. The van der Waals surface area contributed by atoms with E-state index in [-0.39, 0.29) is 5.91 Å². The summed E-state index contributed by atoms with van der Waals surface area (Å²) in [6, 6.07) is 16.3. The monoisotopic (exact) mass is 437 g/mol. The number of rotatable bonds is 9. The van der Waals surface area contributed by atoms with E-state index >= 15 is 0 Å². The van der Waals surface area contributed by atoms with Crippen molar-refractivity contribution in [1.29, 1.82) is 0 Å². The predicted molar refractivity (Wildman–Crippen MR) is 130 cm³/mol. The molecule has 0 spiro atoms. The van der Waals surface area contributed by atoms with Crippen LogP contribution in [0.1, 0.15) is 30.0 Å². The van der Waals surface area contributed by atoms with Crippen molar-refractivity contribution in [2.45, 2.75) is 33.4 Å². The SMILES string of the molecule is CCNC(=NCc1cccc(C)c1)NCc1cccc(NC(=O)CCN2CCOCC2)c1. The fourth-order valence-corrected chi connectivity index (χ4v) is 3.58. The molecule has 0 atom stereocenters. The molecule has 1 fully saturated rings. The lowest BCUT2D eigenvalue weighted by atomic mass is 10.1. The zero-order chi connectivity index (χ0) is 22.6. The Morgan fingerprint density at radius 2 is 1.84 bits per heavy atom. The quantitative estimate of drug-likeness (QED) is 0.415. The standard InChI is InChI=1S/C25H35N5O2/c1-3-26-25(27-18-21-7-4-6-20(2)16-21)28-19-22-8-5-9-23(17-22)29-24(31)10-11-30-12-14-32-15-13-30/h4-9,16-17H,3,10-15,18-19H2,1-2H3,(H,29,31)(H2,26,27,28). The molecule has 2 aromatic carbocycles. The van der Waals surface area contributed by atoms with Gasteiger partial charge in [0.15, 0.2) is 5.96 Å². The van der Waals surface area contributed by atoms with Crippen molar-refractivity contribution in [1.82, 2.24) is 15.5 Å². The number of ether oxygens (including phenoxy) is 1. The number of nitrogens with zero attached hydrogens (tertiary/aromatic N) is 2. The molecule has 0 saturated carbocycles. The molecule has 0 unspecified atom stereocenters. The molecule has 32 heavy (non-hydrogen) atoms. The molecular weight excluding hydrogens is 402 g/mol. The zero-order valence-electron chi connectivity index (χ0n) is 19.2. The molecule has 1 aliphatic heterocycles. The van der Waals surface area contributed by atoms with Crippen LogP contribution in [0.15, 0.2) is 53.5 Å². The van der Waals surface area contributed by atoms with Gasteiger partial charge in [-0.05, 0) is 37.1 Å². The average molecular weight is 438 g/mol. The first-order valence-corrected chi connectivity index (χ1v) is 11.4. The first kappa shape index (κ1) is 23.8. The van der Waals surface area contributed by atoms with Gasteiger partial charge in [0.2, 0.25) is 5.91 Å². The topological polar surface area (TPSA) is 78.0 Å². The van der Waals surface area contributed by atoms with Gasteiger partial charge in [0.05, 0.1) is 19.8 Å². The van der Waals surface area contributed by atoms with E-state index in [4.69, 9.17) is 9.73 Å². The van der Waals surface area contributed by atoms with Crippen LogP contribution in [0.25, 0.3) is 0 Å². The Labute approximate surface area is 191 Å². The molecule has 1 amide bonds. The second kappa shape index (κ2) is 12.8. The Morgan fingerprint density at radius 3 is 2.62 bits per heavy atom. The molecule has 1 saturated heterocycles. The first-order chi connectivity index (χ1) is 15.6. The highest BCUT2D eigenvalue weighted by atomic mass is 16.5. The van der Waals surface area contributed by atoms with Gasteiger partial charge in [-0.25, -0.2) is 4.99 Å². The molecule has 1 heterocycles. The lowest BCUT2D eigenvalue weighted by molar-refractivity contribution is -0.116. The van der Waals surface area contributed by atoms with Crippen LogP contribution in [0.2, 0.25) is 0 Å². The normalized spacial score (nSPS) is 14.8. The number of nitrogens with one attached hydrogen (secondary N) is 3. The summed E-state index contributed by atoms with van der Waals surface area (Å²) in [5, 5.41) is 9.68. The Morgan fingerprint density at radius 1 is 1.06 bits per heavy atom. The highest BCUT2D eigenvalue weighted by molar-refractivity contribution is 5.90. The minimum absolute atomic E-state index is 0.0367. The molecule has 0 aromatic heterocycles. The van der Waals surface area contributed by atoms with E-state index in [1.807, 2.05) is 24.3 Å². The van der Waals surface area contributed by atoms with Crippen LogP contribution in [0, 0.1) is 6.92 Å². The maximum absolute atomic E-state index is 12.3. The van der Waals surface area contributed by atoms with E-state index in [1.54, 1.807) is 0 Å². The van der Waals surface area contributed by atoms with E-state index < -0.39 is 0 Å². The van der Waals surface area contributed by atoms with Gasteiger partial charge < -0.3 is 20.7 Å². The summed E-state index contributed by atoms with van der Waals surface area (Å²) >= 11 is 0. The summed E-state index contributed by atoms with van der Waals surface area (Å²) in [6.07, 6.45) is 0.485. The van der Waals surface area contributed by atoms with Crippen molar-refractivity contribution in [3.63, 3.8) is 0 Å². The van der Waals surface area contributed by atoms with Crippen molar-refractivity contribution in [3.05, 3.63) is 65.2 Å². The van der Waals surface area contributed by atoms with E-state index in [0.717, 1.165) is 56.6 Å². The highest BCUT2D eigenvalue weighted by Gasteiger charge is 2.12. The minimum atomic E-state index is 0.0367. The molecule has 0 aliphatic carbocycles. The van der Waals surface area contributed by atoms with Gasteiger partial charge in [-0.15, -0.1) is 0 Å². The van der Waals surface area contributed by atoms with Crippen LogP contribution in [-0.4, -0.2) is 56.2 Å². The number of anilines is 1. The molecule has 7 nitrogen and oxygen atoms in total. The lowest BCUT2D eigenvalue weighted by Crippen LogP contribution is -2.38. The third-order valence-corrected chi connectivity index (χ3v) is 5.28. The fourth-order valence-electron chi connectivity index (χ4n) is 3.58. The number of morpholine rings is 1. The molecule has 0 radical (unpaired) electrons. The third-order valence-electron chi connectivity index (χ3n) is 5.28. The molecular formula is C25H35N5O2. The number of benzene rings is 2. The Bertz CT molecular complexity index is 893. The smallest absolute Gasteiger partial charge is 0.225 e. The molecule has 1 aliphatic rings. The van der Waals surface area contributed by atoms with Crippen molar-refractivity contribution in [2.24, 2.45) is 4.99 Å². The van der Waals surface area contributed by atoms with E-state index in [9.17, 15) is 4.79 Å². The first-order valence-electron chi connectivity index (χ1n) is 11.4. The van der Waals surface area contributed by atoms with Crippen LogP contribution in [0.3, 0.4) is 0 Å². The summed E-state index contributed by atoms with van der Waals surface area (Å²) in [7, 11) is 0. The Balaban J connectivity index is 1.49. The lowest BCUT2D eigenvalue weighted by Gasteiger charge is -2.26. The molecule has 0 bridgehead atoms. The van der Waals surface area contributed by atoms with Crippen LogP contribution in [0.4, 0.5) is 5.69 Å². The second-order valence-corrected chi connectivity index (χ2v) is 7.99. The van der Waals surface area contributed by atoms with Gasteiger partial charge in [-0.2, -0.15) is 0 Å². The largest absolute Gasteiger partial charge is 0.379 e. The predicted octanol–water partition coefficient (Wildman–Crippen LogP) is 2.91. The summed E-state index contributed by atoms with van der Waals surface area (Å²) < 4.78 is 5.35. The molecule has 2 aromatic rings. The minimum Gasteiger partial charge on any atom is -0.379 e. The van der Waals surface area contributed by atoms with Gasteiger partial charge in [0.25, 0.3) is 0 Å². The van der Waals surface area contributed by atoms with Gasteiger partial charge >= 0.3 is 0 Å². The van der Waals surface area contributed by atoms with Crippen molar-refractivity contribution < 1.29 is 9.53 Å². The van der Waals surface area contributed by atoms with E-state index in [0.29, 0.717) is 19.5 Å². The van der Waals surface area contributed by atoms with Crippen molar-refractivity contribution in [2.75, 3.05) is 44.7 Å². The van der Waals surface area contributed by atoms with Gasteiger partial charge in [-0.1, -0.05) is 42.0 Å². The van der Waals surface area contributed by atoms with Crippen LogP contribution >= 0.6 is 0 Å². The molecule has 7 heteroatoms. The van der Waals surface area contributed by atoms with Crippen LogP contribution < -0.4 is 16.0 Å². The second-order valence-electron chi connectivity index (χ2n) is 7.99. The van der Waals surface area contributed by atoms with Gasteiger partial charge in [0, 0.05) is 44.8 Å². The number of aryl methyl sites for hydroxylation is 1. The van der Waals surface area contributed by atoms with E-state index in [1.165, 1.54) is 11.1 Å². The van der Waals surface area contributed by atoms with Crippen LogP contribution in [0.5, 0.6) is 0 Å². The highest BCUT2D eigenvalue weighted by Crippen LogP contribution is 2.11. The zero-order valence-corrected chi connectivity index (χ0v) is 19.2. The Hall–Kier alpha value is -2.90. The number of amides is 1. The summed E-state index contributed by atoms with van der Waals surface area (Å²) in [4.78, 5) is 19.3. The maximum atomic E-state index is 12.3. The average Bonchev–Trinajstić information content (AvgIpc) is 2.80. The summed E-state index contributed by atoms with van der Waals surface area (Å²) in [5.74, 6) is 0.809. The number of hydrogen-bond acceptors (Lipinski definition) is 4. The number of carbonyl (C=O) groups excluding carboxylic acids is 1. The third kappa shape index (κ3) is 8.32. The van der Waals surface area contributed by atoms with E-state index in [2.05, 4.69) is 59.0 Å².